The fourth-order valence-electron chi connectivity index (χ4n) is 5.13. The molecule has 0 bridgehead atoms. The third kappa shape index (κ3) is 2.46. The predicted molar refractivity (Wildman–Crippen MR) is 103 cm³/mol. The van der Waals surface area contributed by atoms with Crippen molar-refractivity contribution in [1.29, 1.82) is 0 Å². The molecular formula is C20H25ClN3O4+. The van der Waals surface area contributed by atoms with Crippen LogP contribution in [0.4, 0.5) is 5.69 Å². The van der Waals surface area contributed by atoms with Crippen LogP contribution in [0.3, 0.4) is 0 Å². The van der Waals surface area contributed by atoms with Crippen LogP contribution >= 0.6 is 11.6 Å². The van der Waals surface area contributed by atoms with E-state index in [1.807, 2.05) is 25.2 Å². The molecule has 0 radical (unpaired) electrons. The summed E-state index contributed by atoms with van der Waals surface area (Å²) in [5.41, 5.74) is 0.0949. The van der Waals surface area contributed by atoms with Crippen molar-refractivity contribution >= 4 is 35.0 Å². The van der Waals surface area contributed by atoms with Gasteiger partial charge in [0.15, 0.2) is 0 Å². The van der Waals surface area contributed by atoms with Gasteiger partial charge in [-0.3, -0.25) is 19.3 Å². The number of halogens is 1. The maximum Gasteiger partial charge on any atom is 0.291 e. The van der Waals surface area contributed by atoms with Crippen LogP contribution in [0.25, 0.3) is 0 Å². The Hall–Kier alpha value is -1.96. The Labute approximate surface area is 168 Å². The minimum absolute atomic E-state index is 0.124. The predicted octanol–water partition coefficient (Wildman–Crippen LogP) is 0.727. The first-order chi connectivity index (χ1) is 13.3. The molecule has 3 amide bonds. The second kappa shape index (κ2) is 6.83. The highest BCUT2D eigenvalue weighted by atomic mass is 35.5. The van der Waals surface area contributed by atoms with E-state index in [-0.39, 0.29) is 29.7 Å². The maximum atomic E-state index is 13.4. The third-order valence-corrected chi connectivity index (χ3v) is 6.69. The van der Waals surface area contributed by atoms with Crippen molar-refractivity contribution < 1.29 is 24.4 Å². The minimum Gasteiger partial charge on any atom is -0.385 e. The maximum absolute atomic E-state index is 13.4. The van der Waals surface area contributed by atoms with Gasteiger partial charge in [-0.15, -0.1) is 0 Å². The normalized spacial score (nSPS) is 31.1. The molecule has 3 aliphatic rings. The van der Waals surface area contributed by atoms with E-state index in [0.717, 1.165) is 0 Å². The van der Waals surface area contributed by atoms with E-state index in [9.17, 15) is 14.4 Å². The molecule has 0 unspecified atom stereocenters. The SMILES string of the molecule is COCCCN1C(=O)[C@@H]2[C@@H](C(C)C)[NH2+][C@]3(C(=O)Nc4c(Cl)cccc43)[C@@H]2C1=O. The van der Waals surface area contributed by atoms with Crippen LogP contribution in [-0.2, 0) is 24.7 Å². The van der Waals surface area contributed by atoms with Crippen LogP contribution in [0.1, 0.15) is 25.8 Å². The topological polar surface area (TPSA) is 92.3 Å². The largest absolute Gasteiger partial charge is 0.385 e. The number of nitrogens with one attached hydrogen (secondary N) is 1. The summed E-state index contributed by atoms with van der Waals surface area (Å²) in [6, 6.07) is 5.17. The Morgan fingerprint density at radius 2 is 2.04 bits per heavy atom. The highest BCUT2D eigenvalue weighted by Crippen LogP contribution is 2.51. The fourth-order valence-corrected chi connectivity index (χ4v) is 5.35. The average Bonchev–Trinajstić information content (AvgIpc) is 3.24. The van der Waals surface area contributed by atoms with Gasteiger partial charge < -0.3 is 15.4 Å². The van der Waals surface area contributed by atoms with Crippen molar-refractivity contribution in [2.75, 3.05) is 25.6 Å². The molecule has 0 aromatic heterocycles. The Balaban J connectivity index is 1.81. The van der Waals surface area contributed by atoms with Crippen LogP contribution in [0.5, 0.6) is 0 Å². The first-order valence-electron chi connectivity index (χ1n) is 9.65. The number of para-hydroxylation sites is 1. The van der Waals surface area contributed by atoms with E-state index in [0.29, 0.717) is 35.8 Å². The van der Waals surface area contributed by atoms with Crippen molar-refractivity contribution in [3.8, 4) is 0 Å². The standard InChI is InChI=1S/C20H24ClN3O4/c1-10(2)15-13-14(18(26)24(17(13)25)8-5-9-28-3)20(23-15)11-6-4-7-12(21)16(11)22-19(20)27/h4,6-7,10,13-15,23H,5,8-9H2,1-3H3,(H,22,27)/p+1/t13-,14-,15+,20-/m0/s1. The zero-order chi connectivity index (χ0) is 20.2. The monoisotopic (exact) mass is 406 g/mol. The van der Waals surface area contributed by atoms with Gasteiger partial charge in [0.05, 0.1) is 10.7 Å². The zero-order valence-corrected chi connectivity index (χ0v) is 17.0. The molecule has 0 saturated carbocycles. The smallest absolute Gasteiger partial charge is 0.291 e. The van der Waals surface area contributed by atoms with Crippen molar-refractivity contribution in [1.82, 2.24) is 4.90 Å². The molecule has 1 aromatic rings. The molecule has 7 nitrogen and oxygen atoms in total. The van der Waals surface area contributed by atoms with Crippen LogP contribution in [0.2, 0.25) is 5.02 Å². The van der Waals surface area contributed by atoms with E-state index in [2.05, 4.69) is 5.32 Å². The number of nitrogens with zero attached hydrogens (tertiary/aromatic N) is 1. The van der Waals surface area contributed by atoms with E-state index >= 15 is 0 Å². The van der Waals surface area contributed by atoms with Gasteiger partial charge in [0.1, 0.15) is 17.9 Å². The van der Waals surface area contributed by atoms with Crippen LogP contribution < -0.4 is 10.6 Å². The summed E-state index contributed by atoms with van der Waals surface area (Å²) in [4.78, 5) is 41.2. The lowest BCUT2D eigenvalue weighted by Gasteiger charge is -2.27. The number of hydrogen-bond donors (Lipinski definition) is 2. The highest BCUT2D eigenvalue weighted by Gasteiger charge is 2.74. The number of hydrogen-bond acceptors (Lipinski definition) is 4. The number of likely N-dealkylation sites (tertiary alicyclic amines) is 1. The Morgan fingerprint density at radius 1 is 1.29 bits per heavy atom. The number of benzene rings is 1. The summed E-state index contributed by atoms with van der Waals surface area (Å²) in [6.07, 6.45) is 0.574. The summed E-state index contributed by atoms with van der Waals surface area (Å²) in [7, 11) is 1.59. The number of quaternary nitrogens is 1. The van der Waals surface area contributed by atoms with E-state index < -0.39 is 17.4 Å². The fraction of sp³-hybridized carbons (Fsp3) is 0.550. The molecule has 8 heteroatoms. The summed E-state index contributed by atoms with van der Waals surface area (Å²) in [6.45, 7) is 4.82. The molecule has 1 spiro atoms. The molecule has 3 aliphatic heterocycles. The van der Waals surface area contributed by atoms with Gasteiger partial charge in [0, 0.05) is 31.7 Å². The van der Waals surface area contributed by atoms with Crippen molar-refractivity contribution in [2.24, 2.45) is 17.8 Å². The molecular weight excluding hydrogens is 382 g/mol. The highest BCUT2D eigenvalue weighted by molar-refractivity contribution is 6.35. The number of methoxy groups -OCH3 is 1. The van der Waals surface area contributed by atoms with Gasteiger partial charge in [-0.1, -0.05) is 31.5 Å². The molecule has 4 rings (SSSR count). The minimum atomic E-state index is -1.15. The number of carbonyl (C=O) groups is 3. The van der Waals surface area contributed by atoms with Crippen LogP contribution in [0, 0.1) is 17.8 Å². The molecule has 1 aromatic carbocycles. The van der Waals surface area contributed by atoms with Gasteiger partial charge in [-0.05, 0) is 18.6 Å². The quantitative estimate of drug-likeness (QED) is 0.557. The van der Waals surface area contributed by atoms with Crippen molar-refractivity contribution in [3.63, 3.8) is 0 Å². The number of amides is 3. The number of imide groups is 1. The lowest BCUT2D eigenvalue weighted by atomic mass is 9.76. The number of carbonyl (C=O) groups excluding carboxylic acids is 3. The van der Waals surface area contributed by atoms with Gasteiger partial charge in [0.25, 0.3) is 5.91 Å². The first-order valence-corrected chi connectivity index (χ1v) is 10.0. The lowest BCUT2D eigenvalue weighted by Crippen LogP contribution is -2.99. The van der Waals surface area contributed by atoms with Crippen molar-refractivity contribution in [2.45, 2.75) is 31.8 Å². The number of nitrogens with two attached hydrogens (primary N) is 1. The molecule has 2 fully saturated rings. The Kier molecular flexibility index (Phi) is 4.72. The van der Waals surface area contributed by atoms with E-state index in [4.69, 9.17) is 16.3 Å². The average molecular weight is 407 g/mol. The van der Waals surface area contributed by atoms with Gasteiger partial charge in [0.2, 0.25) is 17.4 Å². The second-order valence-corrected chi connectivity index (χ2v) is 8.56. The first kappa shape index (κ1) is 19.4. The second-order valence-electron chi connectivity index (χ2n) is 8.15. The summed E-state index contributed by atoms with van der Waals surface area (Å²) in [5.74, 6) is -1.85. The Morgan fingerprint density at radius 3 is 2.71 bits per heavy atom. The molecule has 4 atom stereocenters. The molecule has 28 heavy (non-hydrogen) atoms. The summed E-state index contributed by atoms with van der Waals surface area (Å²) < 4.78 is 5.06. The van der Waals surface area contributed by atoms with Gasteiger partial charge in [-0.25, -0.2) is 0 Å². The summed E-state index contributed by atoms with van der Waals surface area (Å²) >= 11 is 6.31. The van der Waals surface area contributed by atoms with Gasteiger partial charge in [-0.2, -0.15) is 0 Å². The number of rotatable bonds is 5. The molecule has 3 N–H and O–H groups in total. The van der Waals surface area contributed by atoms with Crippen LogP contribution in [-0.4, -0.2) is 48.9 Å². The van der Waals surface area contributed by atoms with E-state index in [1.54, 1.807) is 19.2 Å². The van der Waals surface area contributed by atoms with Gasteiger partial charge >= 0.3 is 0 Å². The number of ether oxygens (including phenoxy) is 1. The molecule has 150 valence electrons. The van der Waals surface area contributed by atoms with Crippen LogP contribution in [0.15, 0.2) is 18.2 Å². The summed E-state index contributed by atoms with van der Waals surface area (Å²) in [5, 5.41) is 5.25. The zero-order valence-electron chi connectivity index (χ0n) is 16.2. The molecule has 2 saturated heterocycles. The number of anilines is 1. The molecule has 3 heterocycles. The lowest BCUT2D eigenvalue weighted by molar-refractivity contribution is -0.738. The van der Waals surface area contributed by atoms with E-state index in [1.165, 1.54) is 4.90 Å². The Bertz CT molecular complexity index is 858. The number of fused-ring (bicyclic) bond motifs is 4. The van der Waals surface area contributed by atoms with Crippen molar-refractivity contribution in [3.05, 3.63) is 28.8 Å². The molecule has 0 aliphatic carbocycles. The third-order valence-electron chi connectivity index (χ3n) is 6.38.